The van der Waals surface area contributed by atoms with E-state index in [1.54, 1.807) is 7.11 Å². The summed E-state index contributed by atoms with van der Waals surface area (Å²) in [5, 5.41) is 8.33. The van der Waals surface area contributed by atoms with Gasteiger partial charge in [-0.05, 0) is 77.1 Å². The van der Waals surface area contributed by atoms with E-state index in [1.165, 1.54) is 5.56 Å². The second kappa shape index (κ2) is 15.7. The van der Waals surface area contributed by atoms with Crippen LogP contribution in [0.2, 0.25) is 0 Å². The molecule has 2 aliphatic heterocycles. The lowest BCUT2D eigenvalue weighted by Gasteiger charge is -2.29. The fourth-order valence-electron chi connectivity index (χ4n) is 6.87. The van der Waals surface area contributed by atoms with Gasteiger partial charge in [-0.1, -0.05) is 81.4 Å². The number of carbonyl (C=O) groups is 1. The van der Waals surface area contributed by atoms with Crippen LogP contribution in [0.15, 0.2) is 72.8 Å². The zero-order valence-corrected chi connectivity index (χ0v) is 29.8. The monoisotopic (exact) mass is 664 g/mol. The summed E-state index contributed by atoms with van der Waals surface area (Å²) in [5.41, 5.74) is 7.02. The van der Waals surface area contributed by atoms with Gasteiger partial charge in [-0.25, -0.2) is 4.79 Å². The van der Waals surface area contributed by atoms with Gasteiger partial charge in [0.05, 0.1) is 44.4 Å². The van der Waals surface area contributed by atoms with Gasteiger partial charge in [0.25, 0.3) is 0 Å². The maximum absolute atomic E-state index is 13.7. The molecular weight excluding hydrogens is 612 g/mol. The van der Waals surface area contributed by atoms with Gasteiger partial charge in [0.15, 0.2) is 0 Å². The van der Waals surface area contributed by atoms with Crippen LogP contribution in [0.4, 0.5) is 16.2 Å². The van der Waals surface area contributed by atoms with E-state index in [-0.39, 0.29) is 17.6 Å². The van der Waals surface area contributed by atoms with Crippen molar-refractivity contribution in [3.8, 4) is 16.9 Å². The van der Waals surface area contributed by atoms with Crippen molar-refractivity contribution in [3.05, 3.63) is 89.5 Å². The Balaban J connectivity index is 1.19. The van der Waals surface area contributed by atoms with Gasteiger partial charge in [-0.3, -0.25) is 4.90 Å². The molecule has 2 heterocycles. The number of nitrogens with one attached hydrogen (secondary N) is 2. The van der Waals surface area contributed by atoms with Gasteiger partial charge in [0.1, 0.15) is 5.75 Å². The molecule has 0 saturated carbocycles. The Morgan fingerprint density at radius 1 is 0.878 bits per heavy atom. The molecule has 2 fully saturated rings. The number of rotatable bonds is 10. The van der Waals surface area contributed by atoms with Gasteiger partial charge in [0, 0.05) is 38.1 Å². The highest BCUT2D eigenvalue weighted by molar-refractivity contribution is 6.10. The van der Waals surface area contributed by atoms with E-state index < -0.39 is 0 Å². The zero-order chi connectivity index (χ0) is 34.4. The summed E-state index contributed by atoms with van der Waals surface area (Å²) < 4.78 is 17.7. The summed E-state index contributed by atoms with van der Waals surface area (Å²) in [5.74, 6) is 0.674. The number of benzene rings is 4. The third-order valence-corrected chi connectivity index (χ3v) is 9.82. The first-order valence-corrected chi connectivity index (χ1v) is 17.7. The van der Waals surface area contributed by atoms with Gasteiger partial charge in [0.2, 0.25) is 0 Å². The summed E-state index contributed by atoms with van der Waals surface area (Å²) in [7, 11) is 3.83. The van der Waals surface area contributed by atoms with E-state index in [9.17, 15) is 4.79 Å². The Morgan fingerprint density at radius 2 is 1.57 bits per heavy atom. The van der Waals surface area contributed by atoms with E-state index in [0.717, 1.165) is 97.5 Å². The number of piperidine rings is 1. The van der Waals surface area contributed by atoms with Gasteiger partial charge < -0.3 is 29.7 Å². The number of nitrogens with zero attached hydrogens (tertiary/aromatic N) is 2. The van der Waals surface area contributed by atoms with Crippen LogP contribution >= 0.6 is 0 Å². The first kappa shape index (κ1) is 34.9. The molecule has 8 nitrogen and oxygen atoms in total. The molecule has 260 valence electrons. The van der Waals surface area contributed by atoms with E-state index >= 15 is 0 Å². The van der Waals surface area contributed by atoms with Crippen LogP contribution in [0.25, 0.3) is 21.9 Å². The van der Waals surface area contributed by atoms with Crippen molar-refractivity contribution in [2.75, 3.05) is 70.8 Å². The van der Waals surface area contributed by atoms with E-state index in [4.69, 9.17) is 14.2 Å². The van der Waals surface area contributed by atoms with Crippen molar-refractivity contribution in [1.82, 2.24) is 9.80 Å². The highest BCUT2D eigenvalue weighted by Gasteiger charge is 2.22. The summed E-state index contributed by atoms with van der Waals surface area (Å²) in [4.78, 5) is 18.4. The first-order chi connectivity index (χ1) is 23.7. The molecule has 0 unspecified atom stereocenters. The molecule has 2 N–H and O–H groups in total. The van der Waals surface area contributed by atoms with E-state index in [2.05, 4.69) is 96.8 Å². The molecule has 4 aromatic carbocycles. The van der Waals surface area contributed by atoms with Crippen molar-refractivity contribution >= 4 is 28.2 Å². The molecule has 0 bridgehead atoms. The topological polar surface area (TPSA) is 75.3 Å². The largest absolute Gasteiger partial charge is 0.494 e. The fourth-order valence-corrected chi connectivity index (χ4v) is 6.87. The van der Waals surface area contributed by atoms with Gasteiger partial charge >= 0.3 is 6.03 Å². The number of morpholine rings is 1. The smallest absolute Gasteiger partial charge is 0.323 e. The minimum Gasteiger partial charge on any atom is -0.494 e. The number of fused-ring (bicyclic) bond motifs is 1. The predicted octanol–water partition coefficient (Wildman–Crippen LogP) is 7.94. The molecule has 0 radical (unpaired) electrons. The van der Waals surface area contributed by atoms with E-state index in [1.807, 2.05) is 24.3 Å². The van der Waals surface area contributed by atoms with Crippen LogP contribution in [0.1, 0.15) is 50.3 Å². The number of methoxy groups -OCH3 is 1. The zero-order valence-electron chi connectivity index (χ0n) is 29.8. The summed E-state index contributed by atoms with van der Waals surface area (Å²) >= 11 is 0. The SMILES string of the molecule is COc1c(CCOC2CCN(C)CC2)cc(C(C)(C)C)cc1NC(=O)Nc1ccc(-c2ccc(CN3CCOCC3)cc2)c2ccccc12. The molecule has 2 amide bonds. The van der Waals surface area contributed by atoms with Crippen molar-refractivity contribution < 1.29 is 19.0 Å². The molecule has 0 aliphatic carbocycles. The average Bonchev–Trinajstić information content (AvgIpc) is 3.10. The maximum atomic E-state index is 13.7. The number of urea groups is 1. The quantitative estimate of drug-likeness (QED) is 0.179. The number of hydrogen-bond acceptors (Lipinski definition) is 6. The van der Waals surface area contributed by atoms with Crippen molar-refractivity contribution in [2.24, 2.45) is 0 Å². The summed E-state index contributed by atoms with van der Waals surface area (Å²) in [6.45, 7) is 13.8. The number of carbonyl (C=O) groups excluding carboxylic acids is 1. The standard InChI is InChI=1S/C41H52N4O4/c1-41(2,3)32-26-31(18-23-49-33-16-19-44(4)20-17-33)39(47-5)38(27-32)43-40(46)42-37-15-14-34(35-8-6-7-9-36(35)37)30-12-10-29(11-13-30)28-45-21-24-48-25-22-45/h6-15,26-27,33H,16-25,28H2,1-5H3,(H2,42,43,46). The Bertz CT molecular complexity index is 1720. The lowest BCUT2D eigenvalue weighted by atomic mass is 9.85. The number of ether oxygens (including phenoxy) is 3. The Hall–Kier alpha value is -3.95. The fraction of sp³-hybridized carbons (Fsp3) is 0.439. The van der Waals surface area contributed by atoms with Crippen LogP contribution in [-0.4, -0.2) is 82.1 Å². The Kier molecular flexibility index (Phi) is 11.2. The molecule has 6 rings (SSSR count). The van der Waals surface area contributed by atoms with Gasteiger partial charge in [-0.2, -0.15) is 0 Å². The Labute approximate surface area is 291 Å². The van der Waals surface area contributed by atoms with Crippen molar-refractivity contribution in [3.63, 3.8) is 0 Å². The van der Waals surface area contributed by atoms with Crippen LogP contribution in [0.3, 0.4) is 0 Å². The minimum absolute atomic E-state index is 0.116. The molecular formula is C41H52N4O4. The van der Waals surface area contributed by atoms with Crippen LogP contribution in [0.5, 0.6) is 5.75 Å². The molecule has 49 heavy (non-hydrogen) atoms. The predicted molar refractivity (Wildman–Crippen MR) is 200 cm³/mol. The normalized spacial score (nSPS) is 16.5. The van der Waals surface area contributed by atoms with Gasteiger partial charge in [-0.15, -0.1) is 0 Å². The Morgan fingerprint density at radius 3 is 2.27 bits per heavy atom. The van der Waals surface area contributed by atoms with Crippen LogP contribution in [0, 0.1) is 0 Å². The van der Waals surface area contributed by atoms with Crippen LogP contribution < -0.4 is 15.4 Å². The van der Waals surface area contributed by atoms with Crippen molar-refractivity contribution in [1.29, 1.82) is 0 Å². The third kappa shape index (κ3) is 8.81. The molecule has 0 aromatic heterocycles. The maximum Gasteiger partial charge on any atom is 0.323 e. The molecule has 0 atom stereocenters. The summed E-state index contributed by atoms with van der Waals surface area (Å²) in [6, 6.07) is 25.1. The number of amides is 2. The number of anilines is 2. The lowest BCUT2D eigenvalue weighted by molar-refractivity contribution is 0.0140. The average molecular weight is 665 g/mol. The molecule has 8 heteroatoms. The number of likely N-dealkylation sites (tertiary alicyclic amines) is 1. The highest BCUT2D eigenvalue weighted by atomic mass is 16.5. The van der Waals surface area contributed by atoms with Crippen LogP contribution in [-0.2, 0) is 27.9 Å². The van der Waals surface area contributed by atoms with Crippen molar-refractivity contribution in [2.45, 2.75) is 58.1 Å². The third-order valence-electron chi connectivity index (χ3n) is 9.82. The molecule has 2 aliphatic rings. The number of hydrogen-bond donors (Lipinski definition) is 2. The highest BCUT2D eigenvalue weighted by Crippen LogP contribution is 2.37. The molecule has 0 spiro atoms. The lowest BCUT2D eigenvalue weighted by Crippen LogP contribution is -2.35. The second-order valence-electron chi connectivity index (χ2n) is 14.5. The van der Waals surface area contributed by atoms with E-state index in [0.29, 0.717) is 24.5 Å². The molecule has 2 saturated heterocycles. The molecule has 4 aromatic rings. The first-order valence-electron chi connectivity index (χ1n) is 17.7. The summed E-state index contributed by atoms with van der Waals surface area (Å²) in [6.07, 6.45) is 3.10. The minimum atomic E-state index is -0.316. The second-order valence-corrected chi connectivity index (χ2v) is 14.5.